The van der Waals surface area contributed by atoms with Gasteiger partial charge in [0.25, 0.3) is 0 Å². The Morgan fingerprint density at radius 1 is 1.25 bits per heavy atom. The van der Waals surface area contributed by atoms with Crippen molar-refractivity contribution in [3.63, 3.8) is 0 Å². The zero-order valence-corrected chi connectivity index (χ0v) is 9.47. The molecule has 1 aromatic heterocycles. The molecule has 0 spiro atoms. The van der Waals surface area contributed by atoms with Gasteiger partial charge in [0.2, 0.25) is 0 Å². The molecule has 2 aromatic rings. The minimum Gasteiger partial charge on any atom is -0.454 e. The standard InChI is InChI=1S/C12H15N3O/c1-13-7-10-3-5-11(6-4-10)16-12-8-14-15(2)9-12/h3-6,8-9,13H,7H2,1-2H3. The largest absolute Gasteiger partial charge is 0.454 e. The van der Waals surface area contributed by atoms with Crippen LogP contribution in [0, 0.1) is 0 Å². The van der Waals surface area contributed by atoms with Gasteiger partial charge in [-0.2, -0.15) is 5.10 Å². The first-order valence-electron chi connectivity index (χ1n) is 5.18. The monoisotopic (exact) mass is 217 g/mol. The molecule has 2 rings (SSSR count). The highest BCUT2D eigenvalue weighted by Crippen LogP contribution is 2.20. The molecule has 4 heteroatoms. The van der Waals surface area contributed by atoms with E-state index in [2.05, 4.69) is 10.4 Å². The van der Waals surface area contributed by atoms with Crippen LogP contribution in [0.25, 0.3) is 0 Å². The molecule has 0 aliphatic heterocycles. The Hall–Kier alpha value is -1.81. The average molecular weight is 217 g/mol. The van der Waals surface area contributed by atoms with Crippen LogP contribution in [0.4, 0.5) is 0 Å². The molecular weight excluding hydrogens is 202 g/mol. The van der Waals surface area contributed by atoms with Crippen LogP contribution in [-0.2, 0) is 13.6 Å². The van der Waals surface area contributed by atoms with Crippen molar-refractivity contribution in [3.8, 4) is 11.5 Å². The molecular formula is C12H15N3O. The average Bonchev–Trinajstić information content (AvgIpc) is 2.67. The Morgan fingerprint density at radius 2 is 2.00 bits per heavy atom. The number of hydrogen-bond donors (Lipinski definition) is 1. The van der Waals surface area contributed by atoms with Crippen LogP contribution in [0.2, 0.25) is 0 Å². The number of hydrogen-bond acceptors (Lipinski definition) is 3. The molecule has 0 fully saturated rings. The van der Waals surface area contributed by atoms with Crippen molar-refractivity contribution in [2.24, 2.45) is 7.05 Å². The summed E-state index contributed by atoms with van der Waals surface area (Å²) in [6, 6.07) is 8.00. The summed E-state index contributed by atoms with van der Waals surface area (Å²) in [5, 5.41) is 7.14. The molecule has 16 heavy (non-hydrogen) atoms. The van der Waals surface area contributed by atoms with Crippen molar-refractivity contribution in [2.75, 3.05) is 7.05 Å². The van der Waals surface area contributed by atoms with E-state index in [1.807, 2.05) is 44.6 Å². The van der Waals surface area contributed by atoms with Gasteiger partial charge in [-0.15, -0.1) is 0 Å². The summed E-state index contributed by atoms with van der Waals surface area (Å²) in [6.45, 7) is 0.868. The molecule has 1 aromatic carbocycles. The number of nitrogens with one attached hydrogen (secondary N) is 1. The van der Waals surface area contributed by atoms with Crippen LogP contribution in [0.5, 0.6) is 11.5 Å². The summed E-state index contributed by atoms with van der Waals surface area (Å²) < 4.78 is 7.34. The highest BCUT2D eigenvalue weighted by Gasteiger charge is 1.99. The number of aromatic nitrogens is 2. The molecule has 4 nitrogen and oxygen atoms in total. The van der Waals surface area contributed by atoms with Gasteiger partial charge in [-0.1, -0.05) is 12.1 Å². The number of benzene rings is 1. The predicted molar refractivity (Wildman–Crippen MR) is 62.5 cm³/mol. The van der Waals surface area contributed by atoms with E-state index in [9.17, 15) is 0 Å². The minimum atomic E-state index is 0.754. The van der Waals surface area contributed by atoms with Crippen molar-refractivity contribution >= 4 is 0 Å². The topological polar surface area (TPSA) is 39.1 Å². The Bertz CT molecular complexity index is 448. The molecule has 0 radical (unpaired) electrons. The number of aryl methyl sites for hydroxylation is 1. The second-order valence-electron chi connectivity index (χ2n) is 3.63. The van der Waals surface area contributed by atoms with Crippen LogP contribution in [0.3, 0.4) is 0 Å². The van der Waals surface area contributed by atoms with Crippen molar-refractivity contribution < 1.29 is 4.74 Å². The lowest BCUT2D eigenvalue weighted by Gasteiger charge is -2.04. The van der Waals surface area contributed by atoms with E-state index >= 15 is 0 Å². The molecule has 0 bridgehead atoms. The van der Waals surface area contributed by atoms with Gasteiger partial charge >= 0.3 is 0 Å². The number of ether oxygens (including phenoxy) is 1. The van der Waals surface area contributed by atoms with Crippen LogP contribution in [-0.4, -0.2) is 16.8 Å². The van der Waals surface area contributed by atoms with Gasteiger partial charge < -0.3 is 10.1 Å². The third kappa shape index (κ3) is 2.61. The van der Waals surface area contributed by atoms with Gasteiger partial charge in [-0.3, -0.25) is 4.68 Å². The summed E-state index contributed by atoms with van der Waals surface area (Å²) in [5.74, 6) is 1.58. The van der Waals surface area contributed by atoms with Gasteiger partial charge in [0.15, 0.2) is 5.75 Å². The molecule has 0 unspecified atom stereocenters. The molecule has 0 saturated heterocycles. The normalized spacial score (nSPS) is 10.4. The molecule has 0 aliphatic carbocycles. The van der Waals surface area contributed by atoms with E-state index in [0.717, 1.165) is 18.0 Å². The molecule has 1 N–H and O–H groups in total. The maximum atomic E-state index is 5.63. The second kappa shape index (κ2) is 4.81. The van der Waals surface area contributed by atoms with Crippen molar-refractivity contribution in [1.29, 1.82) is 0 Å². The molecule has 84 valence electrons. The summed E-state index contributed by atoms with van der Waals surface area (Å²) in [7, 11) is 3.79. The summed E-state index contributed by atoms with van der Waals surface area (Å²) in [4.78, 5) is 0. The van der Waals surface area contributed by atoms with Gasteiger partial charge in [0.1, 0.15) is 5.75 Å². The highest BCUT2D eigenvalue weighted by molar-refractivity contribution is 5.31. The van der Waals surface area contributed by atoms with E-state index in [-0.39, 0.29) is 0 Å². The fraction of sp³-hybridized carbons (Fsp3) is 0.250. The van der Waals surface area contributed by atoms with Gasteiger partial charge in [-0.05, 0) is 24.7 Å². The van der Waals surface area contributed by atoms with E-state index in [1.165, 1.54) is 5.56 Å². The Morgan fingerprint density at radius 3 is 2.56 bits per heavy atom. The molecule has 0 saturated carbocycles. The SMILES string of the molecule is CNCc1ccc(Oc2cnn(C)c2)cc1. The quantitative estimate of drug-likeness (QED) is 0.850. The highest BCUT2D eigenvalue weighted by atomic mass is 16.5. The first-order valence-corrected chi connectivity index (χ1v) is 5.18. The lowest BCUT2D eigenvalue weighted by Crippen LogP contribution is -2.04. The fourth-order valence-electron chi connectivity index (χ4n) is 1.47. The molecule has 0 aliphatic rings. The van der Waals surface area contributed by atoms with Crippen molar-refractivity contribution in [3.05, 3.63) is 42.2 Å². The maximum absolute atomic E-state index is 5.63. The second-order valence-corrected chi connectivity index (χ2v) is 3.63. The van der Waals surface area contributed by atoms with E-state index in [1.54, 1.807) is 10.9 Å². The predicted octanol–water partition coefficient (Wildman–Crippen LogP) is 1.93. The van der Waals surface area contributed by atoms with E-state index in [0.29, 0.717) is 0 Å². The van der Waals surface area contributed by atoms with Crippen LogP contribution >= 0.6 is 0 Å². The third-order valence-corrected chi connectivity index (χ3v) is 2.22. The van der Waals surface area contributed by atoms with Crippen molar-refractivity contribution in [1.82, 2.24) is 15.1 Å². The molecule has 0 amide bonds. The minimum absolute atomic E-state index is 0.754. The first-order chi connectivity index (χ1) is 7.78. The van der Waals surface area contributed by atoms with Crippen LogP contribution < -0.4 is 10.1 Å². The lowest BCUT2D eigenvalue weighted by molar-refractivity contribution is 0.481. The van der Waals surface area contributed by atoms with E-state index in [4.69, 9.17) is 4.74 Å². The fourth-order valence-corrected chi connectivity index (χ4v) is 1.47. The van der Waals surface area contributed by atoms with Gasteiger partial charge in [0, 0.05) is 13.6 Å². The summed E-state index contributed by atoms with van der Waals surface area (Å²) >= 11 is 0. The zero-order valence-electron chi connectivity index (χ0n) is 9.47. The third-order valence-electron chi connectivity index (χ3n) is 2.22. The van der Waals surface area contributed by atoms with Gasteiger partial charge in [-0.25, -0.2) is 0 Å². The summed E-state index contributed by atoms with van der Waals surface area (Å²) in [6.07, 6.45) is 3.53. The number of rotatable bonds is 4. The first kappa shape index (κ1) is 10.7. The number of nitrogens with zero attached hydrogens (tertiary/aromatic N) is 2. The smallest absolute Gasteiger partial charge is 0.165 e. The zero-order chi connectivity index (χ0) is 11.4. The van der Waals surface area contributed by atoms with Gasteiger partial charge in [0.05, 0.1) is 12.4 Å². The Labute approximate surface area is 94.9 Å². The Kier molecular flexibility index (Phi) is 3.22. The lowest BCUT2D eigenvalue weighted by atomic mass is 10.2. The van der Waals surface area contributed by atoms with Crippen LogP contribution in [0.1, 0.15) is 5.56 Å². The van der Waals surface area contributed by atoms with E-state index < -0.39 is 0 Å². The molecule has 1 heterocycles. The van der Waals surface area contributed by atoms with Crippen molar-refractivity contribution in [2.45, 2.75) is 6.54 Å². The van der Waals surface area contributed by atoms with Crippen LogP contribution in [0.15, 0.2) is 36.7 Å². The molecule has 0 atom stereocenters. The maximum Gasteiger partial charge on any atom is 0.165 e. The summed E-state index contributed by atoms with van der Waals surface area (Å²) in [5.41, 5.74) is 1.24. The Balaban J connectivity index is 2.05.